The van der Waals surface area contributed by atoms with Crippen molar-refractivity contribution in [1.82, 2.24) is 25.0 Å². The monoisotopic (exact) mass is 367 g/mol. The van der Waals surface area contributed by atoms with Crippen LogP contribution in [0.2, 0.25) is 0 Å². The van der Waals surface area contributed by atoms with Crippen LogP contribution in [0.15, 0.2) is 4.79 Å². The number of aromatic nitrogens is 3. The van der Waals surface area contributed by atoms with E-state index in [0.717, 1.165) is 58.5 Å². The summed E-state index contributed by atoms with van der Waals surface area (Å²) in [4.78, 5) is 30.8. The van der Waals surface area contributed by atoms with Crippen molar-refractivity contribution in [3.8, 4) is 0 Å². The third-order valence-corrected chi connectivity index (χ3v) is 5.24. The molecule has 26 heavy (non-hydrogen) atoms. The minimum absolute atomic E-state index is 0.0746. The van der Waals surface area contributed by atoms with Gasteiger partial charge in [-0.05, 0) is 44.7 Å². The van der Waals surface area contributed by atoms with Gasteiger partial charge in [-0.1, -0.05) is 0 Å². The number of carbonyl (C=O) groups excluding carboxylic acids is 1. The quantitative estimate of drug-likeness (QED) is 0.674. The Balaban J connectivity index is 1.58. The second kappa shape index (κ2) is 9.29. The highest BCUT2D eigenvalue weighted by Crippen LogP contribution is 2.21. The number of carbonyl (C=O) groups is 1. The summed E-state index contributed by atoms with van der Waals surface area (Å²) in [6, 6.07) is 0. The van der Waals surface area contributed by atoms with Crippen LogP contribution in [0.1, 0.15) is 36.3 Å². The summed E-state index contributed by atoms with van der Waals surface area (Å²) in [6.07, 6.45) is 4.18. The van der Waals surface area contributed by atoms with Crippen molar-refractivity contribution in [2.75, 3.05) is 53.0 Å². The van der Waals surface area contributed by atoms with Crippen molar-refractivity contribution in [3.05, 3.63) is 16.3 Å². The average molecular weight is 367 g/mol. The van der Waals surface area contributed by atoms with Gasteiger partial charge in [0.2, 0.25) is 5.82 Å². The first-order valence-corrected chi connectivity index (χ1v) is 9.42. The molecule has 2 fully saturated rings. The lowest BCUT2D eigenvalue weighted by atomic mass is 9.96. The van der Waals surface area contributed by atoms with E-state index in [1.165, 1.54) is 0 Å². The molecule has 0 spiro atoms. The van der Waals surface area contributed by atoms with E-state index < -0.39 is 5.69 Å². The number of aromatic amines is 2. The van der Waals surface area contributed by atoms with Crippen molar-refractivity contribution in [3.63, 3.8) is 0 Å². The topological polar surface area (TPSA) is 104 Å². The third-order valence-electron chi connectivity index (χ3n) is 5.24. The summed E-state index contributed by atoms with van der Waals surface area (Å²) < 4.78 is 10.9. The molecule has 3 rings (SSSR count). The summed E-state index contributed by atoms with van der Waals surface area (Å²) in [5.74, 6) is 0.288. The number of rotatable bonds is 8. The largest absolute Gasteiger partial charge is 0.383 e. The SMILES string of the molecule is COCCN1CCC(CN(C[C@@H]2CCCO2)C(=O)c2n[nH]c(=O)[nH]2)CC1. The van der Waals surface area contributed by atoms with E-state index in [4.69, 9.17) is 9.47 Å². The van der Waals surface area contributed by atoms with E-state index in [2.05, 4.69) is 20.1 Å². The lowest BCUT2D eigenvalue weighted by Crippen LogP contribution is -2.44. The maximum absolute atomic E-state index is 12.8. The highest BCUT2D eigenvalue weighted by atomic mass is 16.5. The molecule has 1 aromatic heterocycles. The number of likely N-dealkylation sites (tertiary alicyclic amines) is 1. The van der Waals surface area contributed by atoms with E-state index in [1.807, 2.05) is 0 Å². The molecule has 0 aliphatic carbocycles. The van der Waals surface area contributed by atoms with Gasteiger partial charge < -0.3 is 19.3 Å². The molecule has 146 valence electrons. The first-order chi connectivity index (χ1) is 12.7. The number of nitrogens with zero attached hydrogens (tertiary/aromatic N) is 3. The van der Waals surface area contributed by atoms with Gasteiger partial charge in [0.1, 0.15) is 0 Å². The predicted octanol–water partition coefficient (Wildman–Crippen LogP) is 0.0776. The maximum Gasteiger partial charge on any atom is 0.341 e. The Morgan fingerprint density at radius 2 is 2.15 bits per heavy atom. The fraction of sp³-hybridized carbons (Fsp3) is 0.824. The normalized spacial score (nSPS) is 22.0. The van der Waals surface area contributed by atoms with Gasteiger partial charge >= 0.3 is 5.69 Å². The van der Waals surface area contributed by atoms with Gasteiger partial charge in [-0.2, -0.15) is 0 Å². The van der Waals surface area contributed by atoms with Crippen LogP contribution in [0.3, 0.4) is 0 Å². The van der Waals surface area contributed by atoms with Crippen LogP contribution < -0.4 is 5.69 Å². The number of piperidine rings is 1. The Morgan fingerprint density at radius 1 is 1.35 bits per heavy atom. The number of methoxy groups -OCH3 is 1. The first kappa shape index (κ1) is 19.1. The van der Waals surface area contributed by atoms with Crippen molar-refractivity contribution in [2.45, 2.75) is 31.8 Å². The zero-order valence-corrected chi connectivity index (χ0v) is 15.4. The average Bonchev–Trinajstić information content (AvgIpc) is 3.31. The summed E-state index contributed by atoms with van der Waals surface area (Å²) >= 11 is 0. The molecule has 2 aliphatic heterocycles. The van der Waals surface area contributed by atoms with Crippen molar-refractivity contribution < 1.29 is 14.3 Å². The Labute approximate surface area is 153 Å². The second-order valence-electron chi connectivity index (χ2n) is 7.15. The molecular formula is C17H29N5O4. The van der Waals surface area contributed by atoms with E-state index in [0.29, 0.717) is 19.0 Å². The van der Waals surface area contributed by atoms with Gasteiger partial charge in [0.15, 0.2) is 0 Å². The first-order valence-electron chi connectivity index (χ1n) is 9.42. The second-order valence-corrected chi connectivity index (χ2v) is 7.15. The zero-order chi connectivity index (χ0) is 18.4. The predicted molar refractivity (Wildman–Crippen MR) is 95.1 cm³/mol. The van der Waals surface area contributed by atoms with Crippen LogP contribution in [0.4, 0.5) is 0 Å². The van der Waals surface area contributed by atoms with Crippen molar-refractivity contribution in [1.29, 1.82) is 0 Å². The highest BCUT2D eigenvalue weighted by Gasteiger charge is 2.29. The molecule has 0 unspecified atom stereocenters. The molecule has 9 nitrogen and oxygen atoms in total. The fourth-order valence-corrected chi connectivity index (χ4v) is 3.72. The van der Waals surface area contributed by atoms with Gasteiger partial charge in [0.25, 0.3) is 5.91 Å². The lowest BCUT2D eigenvalue weighted by molar-refractivity contribution is 0.0428. The van der Waals surface area contributed by atoms with E-state index in [-0.39, 0.29) is 17.8 Å². The molecular weight excluding hydrogens is 338 g/mol. The fourth-order valence-electron chi connectivity index (χ4n) is 3.72. The molecule has 2 N–H and O–H groups in total. The van der Waals surface area contributed by atoms with Crippen LogP contribution in [-0.4, -0.2) is 90.0 Å². The Hall–Kier alpha value is -1.71. The number of amides is 1. The molecule has 1 aromatic rings. The van der Waals surface area contributed by atoms with Gasteiger partial charge in [0, 0.05) is 33.4 Å². The van der Waals surface area contributed by atoms with Gasteiger partial charge in [-0.25, -0.2) is 9.89 Å². The van der Waals surface area contributed by atoms with E-state index in [9.17, 15) is 9.59 Å². The summed E-state index contributed by atoms with van der Waals surface area (Å²) in [6.45, 7) is 5.73. The molecule has 3 heterocycles. The van der Waals surface area contributed by atoms with Crippen LogP contribution in [0.5, 0.6) is 0 Å². The summed E-state index contributed by atoms with van der Waals surface area (Å²) in [5.41, 5.74) is -0.461. The lowest BCUT2D eigenvalue weighted by Gasteiger charge is -2.35. The van der Waals surface area contributed by atoms with Crippen LogP contribution in [-0.2, 0) is 9.47 Å². The number of H-pyrrole nitrogens is 2. The molecule has 2 saturated heterocycles. The van der Waals surface area contributed by atoms with E-state index in [1.54, 1.807) is 12.0 Å². The van der Waals surface area contributed by atoms with Gasteiger partial charge in [-0.3, -0.25) is 9.78 Å². The Morgan fingerprint density at radius 3 is 2.77 bits per heavy atom. The number of hydrogen-bond acceptors (Lipinski definition) is 6. The molecule has 0 radical (unpaired) electrons. The number of nitrogens with one attached hydrogen (secondary N) is 2. The Kier molecular flexibility index (Phi) is 6.81. The number of ether oxygens (including phenoxy) is 2. The van der Waals surface area contributed by atoms with Gasteiger partial charge in [0.05, 0.1) is 12.7 Å². The molecule has 1 amide bonds. The molecule has 0 bridgehead atoms. The third kappa shape index (κ3) is 5.15. The molecule has 9 heteroatoms. The smallest absolute Gasteiger partial charge is 0.341 e. The minimum atomic E-state index is -0.461. The molecule has 0 aromatic carbocycles. The standard InChI is InChI=1S/C17H29N5O4/c1-25-10-8-21-6-4-13(5-7-21)11-22(12-14-3-2-9-26-14)16(23)15-18-17(24)20-19-15/h13-14H,2-12H2,1H3,(H2,18,19,20,24)/t14-/m0/s1. The highest BCUT2D eigenvalue weighted by molar-refractivity contribution is 5.90. The maximum atomic E-state index is 12.8. The van der Waals surface area contributed by atoms with Crippen LogP contribution in [0, 0.1) is 5.92 Å². The molecule has 2 aliphatic rings. The summed E-state index contributed by atoms with van der Waals surface area (Å²) in [5, 5.41) is 6.07. The molecule has 0 saturated carbocycles. The van der Waals surface area contributed by atoms with E-state index >= 15 is 0 Å². The van der Waals surface area contributed by atoms with Crippen molar-refractivity contribution in [2.24, 2.45) is 5.92 Å². The zero-order valence-electron chi connectivity index (χ0n) is 15.4. The Bertz CT molecular complexity index is 617. The van der Waals surface area contributed by atoms with Gasteiger partial charge in [-0.15, -0.1) is 5.10 Å². The van der Waals surface area contributed by atoms with Crippen LogP contribution >= 0.6 is 0 Å². The molecule has 1 atom stereocenters. The van der Waals surface area contributed by atoms with Crippen LogP contribution in [0.25, 0.3) is 0 Å². The summed E-state index contributed by atoms with van der Waals surface area (Å²) in [7, 11) is 1.72. The minimum Gasteiger partial charge on any atom is -0.383 e. The van der Waals surface area contributed by atoms with Crippen molar-refractivity contribution >= 4 is 5.91 Å². The number of hydrogen-bond donors (Lipinski definition) is 2.